The second-order valence-electron chi connectivity index (χ2n) is 5.93. The number of hydrogen-bond acceptors (Lipinski definition) is 2. The fourth-order valence-corrected chi connectivity index (χ4v) is 3.42. The molecule has 2 aliphatic rings. The lowest BCUT2D eigenvalue weighted by molar-refractivity contribution is -0.141. The van der Waals surface area contributed by atoms with Crippen LogP contribution in [0.1, 0.15) is 30.4 Å². The number of hydrogen-bond donors (Lipinski definition) is 1. The van der Waals surface area contributed by atoms with E-state index in [1.807, 2.05) is 6.07 Å². The van der Waals surface area contributed by atoms with E-state index in [2.05, 4.69) is 0 Å². The van der Waals surface area contributed by atoms with Crippen molar-refractivity contribution in [2.24, 2.45) is 11.8 Å². The number of carboxylic acid groups (broad SMARTS) is 1. The molecule has 112 valence electrons. The summed E-state index contributed by atoms with van der Waals surface area (Å²) in [7, 11) is 0. The SMILES string of the molecule is O=C(O)[C@@H]1CC[C@H](C(=O)N2CCc3cccc(F)c3C2)C1. The van der Waals surface area contributed by atoms with E-state index in [1.165, 1.54) is 6.07 Å². The molecule has 1 aromatic rings. The number of rotatable bonds is 2. The second-order valence-corrected chi connectivity index (χ2v) is 5.93. The van der Waals surface area contributed by atoms with E-state index >= 15 is 0 Å². The smallest absolute Gasteiger partial charge is 0.306 e. The molecular weight excluding hydrogens is 273 g/mol. The second kappa shape index (κ2) is 5.47. The molecule has 1 amide bonds. The standard InChI is InChI=1S/C16H18FNO3/c17-14-3-1-2-10-6-7-18(9-13(10)14)15(19)11-4-5-12(8-11)16(20)21/h1-3,11-12H,4-9H2,(H,20,21)/t11-,12+/m0/s1. The van der Waals surface area contributed by atoms with Gasteiger partial charge in [0.1, 0.15) is 5.82 Å². The molecule has 1 N–H and O–H groups in total. The van der Waals surface area contributed by atoms with Gasteiger partial charge in [0.05, 0.1) is 5.92 Å². The van der Waals surface area contributed by atoms with Gasteiger partial charge in [-0.1, -0.05) is 12.1 Å². The first-order valence-electron chi connectivity index (χ1n) is 7.34. The number of aliphatic carboxylic acids is 1. The monoisotopic (exact) mass is 291 g/mol. The molecule has 0 saturated heterocycles. The van der Waals surface area contributed by atoms with Crippen LogP contribution in [-0.2, 0) is 22.6 Å². The summed E-state index contributed by atoms with van der Waals surface area (Å²) < 4.78 is 13.8. The quantitative estimate of drug-likeness (QED) is 0.909. The largest absolute Gasteiger partial charge is 0.481 e. The van der Waals surface area contributed by atoms with Crippen molar-refractivity contribution in [3.8, 4) is 0 Å². The van der Waals surface area contributed by atoms with Crippen molar-refractivity contribution in [3.63, 3.8) is 0 Å². The first-order chi connectivity index (χ1) is 10.1. The Bertz CT molecular complexity index is 587. The molecular formula is C16H18FNO3. The van der Waals surface area contributed by atoms with Crippen LogP contribution in [0.5, 0.6) is 0 Å². The molecule has 1 fully saturated rings. The van der Waals surface area contributed by atoms with E-state index in [9.17, 15) is 14.0 Å². The van der Waals surface area contributed by atoms with Crippen LogP contribution in [0.15, 0.2) is 18.2 Å². The normalized spacial score (nSPS) is 24.7. The van der Waals surface area contributed by atoms with Gasteiger partial charge in [-0.05, 0) is 37.3 Å². The zero-order valence-electron chi connectivity index (χ0n) is 11.7. The zero-order chi connectivity index (χ0) is 15.0. The molecule has 1 aliphatic heterocycles. The highest BCUT2D eigenvalue weighted by molar-refractivity contribution is 5.81. The number of carbonyl (C=O) groups excluding carboxylic acids is 1. The lowest BCUT2D eigenvalue weighted by atomic mass is 9.97. The number of fused-ring (bicyclic) bond motifs is 1. The third-order valence-electron chi connectivity index (χ3n) is 4.66. The maximum absolute atomic E-state index is 13.8. The average molecular weight is 291 g/mol. The van der Waals surface area contributed by atoms with Crippen LogP contribution in [0.4, 0.5) is 4.39 Å². The van der Waals surface area contributed by atoms with Crippen LogP contribution in [0, 0.1) is 17.7 Å². The lowest BCUT2D eigenvalue weighted by Crippen LogP contribution is -2.39. The maximum Gasteiger partial charge on any atom is 0.306 e. The van der Waals surface area contributed by atoms with Crippen LogP contribution in [-0.4, -0.2) is 28.4 Å². The fraction of sp³-hybridized carbons (Fsp3) is 0.500. The Kier molecular flexibility index (Phi) is 3.66. The Labute approximate surface area is 122 Å². The predicted octanol–water partition coefficient (Wildman–Crippen LogP) is 2.21. The van der Waals surface area contributed by atoms with Gasteiger partial charge in [-0.15, -0.1) is 0 Å². The highest BCUT2D eigenvalue weighted by Crippen LogP contribution is 2.33. The minimum absolute atomic E-state index is 0.0207. The van der Waals surface area contributed by atoms with Gasteiger partial charge in [0, 0.05) is 24.6 Å². The molecule has 1 aliphatic carbocycles. The number of carboxylic acids is 1. The van der Waals surface area contributed by atoms with Crippen molar-refractivity contribution >= 4 is 11.9 Å². The lowest BCUT2D eigenvalue weighted by Gasteiger charge is -2.31. The van der Waals surface area contributed by atoms with Gasteiger partial charge < -0.3 is 10.0 Å². The highest BCUT2D eigenvalue weighted by atomic mass is 19.1. The zero-order valence-corrected chi connectivity index (χ0v) is 11.7. The molecule has 4 nitrogen and oxygen atoms in total. The molecule has 0 radical (unpaired) electrons. The van der Waals surface area contributed by atoms with Gasteiger partial charge in [0.25, 0.3) is 0 Å². The van der Waals surface area contributed by atoms with E-state index in [-0.39, 0.29) is 17.6 Å². The molecule has 0 aromatic heterocycles. The minimum Gasteiger partial charge on any atom is -0.481 e. The Morgan fingerprint density at radius 2 is 2.00 bits per heavy atom. The number of benzene rings is 1. The Morgan fingerprint density at radius 1 is 1.24 bits per heavy atom. The Balaban J connectivity index is 1.70. The van der Waals surface area contributed by atoms with Gasteiger partial charge in [0.2, 0.25) is 5.91 Å². The number of halogens is 1. The summed E-state index contributed by atoms with van der Waals surface area (Å²) >= 11 is 0. The molecule has 0 spiro atoms. The molecule has 1 heterocycles. The number of carbonyl (C=O) groups is 2. The molecule has 3 rings (SSSR count). The van der Waals surface area contributed by atoms with Crippen molar-refractivity contribution in [2.75, 3.05) is 6.54 Å². The Morgan fingerprint density at radius 3 is 2.71 bits per heavy atom. The van der Waals surface area contributed by atoms with E-state index in [4.69, 9.17) is 5.11 Å². The van der Waals surface area contributed by atoms with Crippen LogP contribution in [0.2, 0.25) is 0 Å². The first-order valence-corrected chi connectivity index (χ1v) is 7.34. The summed E-state index contributed by atoms with van der Waals surface area (Å²) in [5.41, 5.74) is 1.57. The van der Waals surface area contributed by atoms with Gasteiger partial charge >= 0.3 is 5.97 Å². The van der Waals surface area contributed by atoms with Crippen molar-refractivity contribution in [2.45, 2.75) is 32.2 Å². The summed E-state index contributed by atoms with van der Waals surface area (Å²) in [5.74, 6) is -1.74. The summed E-state index contributed by atoms with van der Waals surface area (Å²) in [6.07, 6.45) is 2.25. The Hall–Kier alpha value is -1.91. The van der Waals surface area contributed by atoms with Gasteiger partial charge in [0.15, 0.2) is 0 Å². The fourth-order valence-electron chi connectivity index (χ4n) is 3.42. The molecule has 2 atom stereocenters. The maximum atomic E-state index is 13.8. The number of amides is 1. The summed E-state index contributed by atoms with van der Waals surface area (Å²) in [6, 6.07) is 5.01. The molecule has 0 unspecified atom stereocenters. The molecule has 21 heavy (non-hydrogen) atoms. The summed E-state index contributed by atoms with van der Waals surface area (Å²) in [4.78, 5) is 25.2. The molecule has 0 bridgehead atoms. The summed E-state index contributed by atoms with van der Waals surface area (Å²) in [5, 5.41) is 9.02. The van der Waals surface area contributed by atoms with Crippen LogP contribution in [0.3, 0.4) is 0 Å². The van der Waals surface area contributed by atoms with Crippen LogP contribution >= 0.6 is 0 Å². The van der Waals surface area contributed by atoms with Crippen molar-refractivity contribution in [1.29, 1.82) is 0 Å². The van der Waals surface area contributed by atoms with Gasteiger partial charge in [-0.2, -0.15) is 0 Å². The number of nitrogens with zero attached hydrogens (tertiary/aromatic N) is 1. The summed E-state index contributed by atoms with van der Waals surface area (Å²) in [6.45, 7) is 0.888. The van der Waals surface area contributed by atoms with Crippen molar-refractivity contribution < 1.29 is 19.1 Å². The van der Waals surface area contributed by atoms with Crippen molar-refractivity contribution in [1.82, 2.24) is 4.90 Å². The van der Waals surface area contributed by atoms with E-state index < -0.39 is 11.9 Å². The van der Waals surface area contributed by atoms with E-state index in [1.54, 1.807) is 11.0 Å². The third kappa shape index (κ3) is 2.64. The third-order valence-corrected chi connectivity index (χ3v) is 4.66. The molecule has 5 heteroatoms. The minimum atomic E-state index is -0.819. The average Bonchev–Trinajstić information content (AvgIpc) is 2.97. The first kappa shape index (κ1) is 14.0. The van der Waals surface area contributed by atoms with E-state index in [0.717, 1.165) is 5.56 Å². The van der Waals surface area contributed by atoms with Gasteiger partial charge in [-0.25, -0.2) is 4.39 Å². The molecule has 1 aromatic carbocycles. The highest BCUT2D eigenvalue weighted by Gasteiger charge is 2.36. The van der Waals surface area contributed by atoms with E-state index in [0.29, 0.717) is 44.3 Å². The topological polar surface area (TPSA) is 57.6 Å². The van der Waals surface area contributed by atoms with Gasteiger partial charge in [-0.3, -0.25) is 9.59 Å². The molecule has 1 saturated carbocycles. The van der Waals surface area contributed by atoms with Crippen LogP contribution in [0.25, 0.3) is 0 Å². The van der Waals surface area contributed by atoms with Crippen molar-refractivity contribution in [3.05, 3.63) is 35.1 Å². The predicted molar refractivity (Wildman–Crippen MR) is 74.0 cm³/mol. The van der Waals surface area contributed by atoms with Crippen LogP contribution < -0.4 is 0 Å².